The molecule has 122 valence electrons. The summed E-state index contributed by atoms with van der Waals surface area (Å²) in [6.07, 6.45) is 0.479. The molecule has 0 fully saturated rings. The first-order valence-corrected chi connectivity index (χ1v) is 7.73. The number of aryl methyl sites for hydroxylation is 1. The van der Waals surface area contributed by atoms with Crippen LogP contribution in [0.5, 0.6) is 5.75 Å². The summed E-state index contributed by atoms with van der Waals surface area (Å²) in [6.45, 7) is 3.82. The second-order valence-corrected chi connectivity index (χ2v) is 5.66. The van der Waals surface area contributed by atoms with Gasteiger partial charge in [0.25, 0.3) is 5.91 Å². The molecule has 0 bridgehead atoms. The molecule has 0 atom stereocenters. The van der Waals surface area contributed by atoms with Crippen molar-refractivity contribution in [1.29, 1.82) is 0 Å². The van der Waals surface area contributed by atoms with E-state index in [-0.39, 0.29) is 12.5 Å². The van der Waals surface area contributed by atoms with Gasteiger partial charge < -0.3 is 19.3 Å². The average Bonchev–Trinajstić information content (AvgIpc) is 2.88. The number of ether oxygens (including phenoxy) is 1. The largest absolute Gasteiger partial charge is 0.497 e. The van der Waals surface area contributed by atoms with Crippen LogP contribution in [-0.4, -0.2) is 45.7 Å². The van der Waals surface area contributed by atoms with Crippen molar-refractivity contribution < 1.29 is 14.6 Å². The summed E-state index contributed by atoms with van der Waals surface area (Å²) in [6, 6.07) is 7.75. The molecule has 1 N–H and O–H groups in total. The van der Waals surface area contributed by atoms with Gasteiger partial charge >= 0.3 is 0 Å². The monoisotopic (exact) mass is 315 g/mol. The van der Waals surface area contributed by atoms with Crippen molar-refractivity contribution in [3.63, 3.8) is 0 Å². The van der Waals surface area contributed by atoms with E-state index in [2.05, 4.69) is 4.98 Å². The van der Waals surface area contributed by atoms with E-state index >= 15 is 0 Å². The predicted octanol–water partition coefficient (Wildman–Crippen LogP) is 1.39. The Morgan fingerprint density at radius 1 is 1.26 bits per heavy atom. The minimum atomic E-state index is 0.00116. The summed E-state index contributed by atoms with van der Waals surface area (Å²) < 4.78 is 7.10. The Labute approximate surface area is 135 Å². The second kappa shape index (κ2) is 6.42. The van der Waals surface area contributed by atoms with E-state index in [0.717, 1.165) is 22.8 Å². The first-order chi connectivity index (χ1) is 11.1. The van der Waals surface area contributed by atoms with Gasteiger partial charge in [-0.3, -0.25) is 4.79 Å². The quantitative estimate of drug-likeness (QED) is 0.905. The Morgan fingerprint density at radius 2 is 2.00 bits per heavy atom. The van der Waals surface area contributed by atoms with Gasteiger partial charge in [-0.15, -0.1) is 0 Å². The van der Waals surface area contributed by atoms with Crippen LogP contribution in [-0.2, 0) is 19.5 Å². The first kappa shape index (κ1) is 15.6. The highest BCUT2D eigenvalue weighted by Crippen LogP contribution is 2.21. The zero-order valence-electron chi connectivity index (χ0n) is 13.5. The van der Waals surface area contributed by atoms with Crippen LogP contribution >= 0.6 is 0 Å². The Kier molecular flexibility index (Phi) is 4.34. The fraction of sp³-hybridized carbons (Fsp3) is 0.412. The van der Waals surface area contributed by atoms with Crippen molar-refractivity contribution in [3.05, 3.63) is 47.0 Å². The highest BCUT2D eigenvalue weighted by molar-refractivity contribution is 5.94. The lowest BCUT2D eigenvalue weighted by atomic mass is 10.1. The zero-order valence-corrected chi connectivity index (χ0v) is 13.5. The molecule has 0 unspecified atom stereocenters. The van der Waals surface area contributed by atoms with Crippen LogP contribution < -0.4 is 4.74 Å². The molecular formula is C17H21N3O3. The maximum Gasteiger partial charge on any atom is 0.272 e. The van der Waals surface area contributed by atoms with E-state index in [9.17, 15) is 4.79 Å². The van der Waals surface area contributed by atoms with Crippen molar-refractivity contribution in [2.24, 2.45) is 0 Å². The minimum Gasteiger partial charge on any atom is -0.497 e. The number of aliphatic hydroxyl groups is 1. The molecule has 2 aromatic rings. The number of aromatic nitrogens is 2. The van der Waals surface area contributed by atoms with Crippen LogP contribution in [0.3, 0.4) is 0 Å². The first-order valence-electron chi connectivity index (χ1n) is 7.73. The number of nitrogens with zero attached hydrogens (tertiary/aromatic N) is 3. The van der Waals surface area contributed by atoms with Crippen LogP contribution in [0.25, 0.3) is 0 Å². The van der Waals surface area contributed by atoms with Gasteiger partial charge in [-0.25, -0.2) is 4.98 Å². The van der Waals surface area contributed by atoms with Crippen LogP contribution in [0.15, 0.2) is 24.3 Å². The van der Waals surface area contributed by atoms with Crippen molar-refractivity contribution >= 4 is 5.91 Å². The van der Waals surface area contributed by atoms with Gasteiger partial charge in [0.05, 0.1) is 19.4 Å². The van der Waals surface area contributed by atoms with Crippen LogP contribution in [0.2, 0.25) is 0 Å². The molecule has 0 radical (unpaired) electrons. The highest BCUT2D eigenvalue weighted by atomic mass is 16.5. The maximum absolute atomic E-state index is 12.8. The summed E-state index contributed by atoms with van der Waals surface area (Å²) >= 11 is 0. The third kappa shape index (κ3) is 2.94. The topological polar surface area (TPSA) is 67.6 Å². The number of benzene rings is 1. The molecular weight excluding hydrogens is 294 g/mol. The number of carbonyl (C=O) groups is 1. The third-order valence-corrected chi connectivity index (χ3v) is 4.17. The number of aliphatic hydroxyl groups excluding tert-OH is 1. The molecule has 1 amide bonds. The standard InChI is InChI=1S/C17H21N3O3/c1-12-16-17(22)19(8-9-20(16)15(18-12)7-10-21)11-13-3-5-14(23-2)6-4-13/h3-6,21H,7-11H2,1-2H3. The molecule has 3 rings (SSSR count). The lowest BCUT2D eigenvalue weighted by Crippen LogP contribution is -2.40. The van der Waals surface area contributed by atoms with Gasteiger partial charge in [-0.2, -0.15) is 0 Å². The Hall–Kier alpha value is -2.34. The van der Waals surface area contributed by atoms with Gasteiger partial charge in [0.1, 0.15) is 17.3 Å². The van der Waals surface area contributed by atoms with Crippen molar-refractivity contribution in [2.45, 2.75) is 26.4 Å². The Balaban J connectivity index is 1.80. The number of carbonyl (C=O) groups excluding carboxylic acids is 1. The zero-order chi connectivity index (χ0) is 16.4. The third-order valence-electron chi connectivity index (χ3n) is 4.17. The summed E-state index contributed by atoms with van der Waals surface area (Å²) in [5.74, 6) is 1.60. The molecule has 0 aliphatic carbocycles. The predicted molar refractivity (Wildman–Crippen MR) is 85.5 cm³/mol. The normalized spacial score (nSPS) is 14.0. The van der Waals surface area contributed by atoms with Crippen LogP contribution in [0.4, 0.5) is 0 Å². The maximum atomic E-state index is 12.8. The van der Waals surface area contributed by atoms with E-state index in [0.29, 0.717) is 31.7 Å². The number of rotatable bonds is 5. The molecule has 6 heteroatoms. The van der Waals surface area contributed by atoms with E-state index < -0.39 is 0 Å². The SMILES string of the molecule is COc1ccc(CN2CCn3c(CCO)nc(C)c3C2=O)cc1. The summed E-state index contributed by atoms with van der Waals surface area (Å²) in [4.78, 5) is 19.0. The molecule has 1 aliphatic heterocycles. The van der Waals surface area contributed by atoms with Gasteiger partial charge in [0.15, 0.2) is 0 Å². The highest BCUT2D eigenvalue weighted by Gasteiger charge is 2.29. The lowest BCUT2D eigenvalue weighted by Gasteiger charge is -2.29. The number of hydrogen-bond donors (Lipinski definition) is 1. The molecule has 1 aromatic carbocycles. The summed E-state index contributed by atoms with van der Waals surface area (Å²) in [7, 11) is 1.64. The molecule has 0 saturated carbocycles. The molecule has 2 heterocycles. The lowest BCUT2D eigenvalue weighted by molar-refractivity contribution is 0.0688. The number of hydrogen-bond acceptors (Lipinski definition) is 4. The molecule has 1 aliphatic rings. The fourth-order valence-corrected chi connectivity index (χ4v) is 3.01. The van der Waals surface area contributed by atoms with E-state index in [1.54, 1.807) is 7.11 Å². The molecule has 1 aromatic heterocycles. The van der Waals surface area contributed by atoms with Crippen LogP contribution in [0.1, 0.15) is 27.6 Å². The van der Waals surface area contributed by atoms with E-state index in [1.807, 2.05) is 40.7 Å². The number of imidazole rings is 1. The second-order valence-electron chi connectivity index (χ2n) is 5.66. The number of amides is 1. The molecule has 6 nitrogen and oxygen atoms in total. The van der Waals surface area contributed by atoms with E-state index in [4.69, 9.17) is 9.84 Å². The molecule has 23 heavy (non-hydrogen) atoms. The van der Waals surface area contributed by atoms with Gasteiger partial charge in [-0.1, -0.05) is 12.1 Å². The smallest absolute Gasteiger partial charge is 0.272 e. The van der Waals surface area contributed by atoms with Gasteiger partial charge in [0.2, 0.25) is 0 Å². The average molecular weight is 315 g/mol. The van der Waals surface area contributed by atoms with Crippen LogP contribution in [0, 0.1) is 6.92 Å². The van der Waals surface area contributed by atoms with E-state index in [1.165, 1.54) is 0 Å². The van der Waals surface area contributed by atoms with Crippen molar-refractivity contribution in [1.82, 2.24) is 14.5 Å². The van der Waals surface area contributed by atoms with Gasteiger partial charge in [0, 0.05) is 26.1 Å². The minimum absolute atomic E-state index is 0.00116. The fourth-order valence-electron chi connectivity index (χ4n) is 3.01. The van der Waals surface area contributed by atoms with Gasteiger partial charge in [-0.05, 0) is 24.6 Å². The molecule has 0 saturated heterocycles. The summed E-state index contributed by atoms with van der Waals surface area (Å²) in [5.41, 5.74) is 2.45. The number of methoxy groups -OCH3 is 1. The Bertz CT molecular complexity index is 707. The molecule has 0 spiro atoms. The van der Waals surface area contributed by atoms with Crippen molar-refractivity contribution in [3.8, 4) is 5.75 Å². The Morgan fingerprint density at radius 3 is 2.65 bits per heavy atom. The number of fused-ring (bicyclic) bond motifs is 1. The van der Waals surface area contributed by atoms with Crippen molar-refractivity contribution in [2.75, 3.05) is 20.3 Å². The summed E-state index contributed by atoms with van der Waals surface area (Å²) in [5, 5.41) is 9.13.